The van der Waals surface area contributed by atoms with E-state index in [9.17, 15) is 9.59 Å². The lowest BCUT2D eigenvalue weighted by atomic mass is 10.1. The fourth-order valence-electron chi connectivity index (χ4n) is 3.08. The Morgan fingerprint density at radius 2 is 1.81 bits per heavy atom. The summed E-state index contributed by atoms with van der Waals surface area (Å²) in [5.74, 6) is 0.206. The van der Waals surface area contributed by atoms with Crippen LogP contribution in [0.5, 0.6) is 5.75 Å². The quantitative estimate of drug-likeness (QED) is 0.459. The van der Waals surface area contributed by atoms with Crippen LogP contribution in [0.2, 0.25) is 5.02 Å². The van der Waals surface area contributed by atoms with E-state index in [-0.39, 0.29) is 24.5 Å². The maximum absolute atomic E-state index is 13.2. The molecule has 7 heteroatoms. The highest BCUT2D eigenvalue weighted by Crippen LogP contribution is 2.22. The second-order valence-electron chi connectivity index (χ2n) is 7.59. The molecule has 168 valence electrons. The molecule has 0 fully saturated rings. The van der Waals surface area contributed by atoms with Crippen molar-refractivity contribution in [2.45, 2.75) is 59.2 Å². The van der Waals surface area contributed by atoms with Crippen LogP contribution in [0.4, 0.5) is 0 Å². The number of rotatable bonds is 10. The number of aryl methyl sites for hydroxylation is 1. The van der Waals surface area contributed by atoms with Crippen molar-refractivity contribution in [3.05, 3.63) is 63.1 Å². The minimum atomic E-state index is -0.590. The lowest BCUT2D eigenvalue weighted by Gasteiger charge is -2.31. The third-order valence-corrected chi connectivity index (χ3v) is 6.29. The highest BCUT2D eigenvalue weighted by molar-refractivity contribution is 9.10. The maximum Gasteiger partial charge on any atom is 0.261 e. The molecular weight excluding hydrogens is 480 g/mol. The molecule has 2 aromatic rings. The molecule has 0 saturated carbocycles. The van der Waals surface area contributed by atoms with Crippen molar-refractivity contribution in [1.82, 2.24) is 10.2 Å². The van der Waals surface area contributed by atoms with Crippen molar-refractivity contribution in [1.29, 1.82) is 0 Å². The molecule has 1 N–H and O–H groups in total. The predicted octanol–water partition coefficient (Wildman–Crippen LogP) is 5.51. The second-order valence-corrected chi connectivity index (χ2v) is 8.88. The third kappa shape index (κ3) is 7.54. The van der Waals surface area contributed by atoms with Gasteiger partial charge in [-0.3, -0.25) is 9.59 Å². The van der Waals surface area contributed by atoms with Crippen molar-refractivity contribution < 1.29 is 14.3 Å². The predicted molar refractivity (Wildman–Crippen MR) is 128 cm³/mol. The fourth-order valence-corrected chi connectivity index (χ4v) is 3.45. The van der Waals surface area contributed by atoms with Crippen molar-refractivity contribution in [2.24, 2.45) is 0 Å². The Morgan fingerprint density at radius 3 is 2.39 bits per heavy atom. The molecule has 0 saturated heterocycles. The largest absolute Gasteiger partial charge is 0.484 e. The van der Waals surface area contributed by atoms with E-state index in [1.54, 1.807) is 23.1 Å². The summed E-state index contributed by atoms with van der Waals surface area (Å²) in [7, 11) is 0. The van der Waals surface area contributed by atoms with E-state index in [2.05, 4.69) is 21.2 Å². The van der Waals surface area contributed by atoms with E-state index >= 15 is 0 Å². The van der Waals surface area contributed by atoms with Gasteiger partial charge in [0.25, 0.3) is 5.91 Å². The maximum atomic E-state index is 13.2. The third-order valence-electron chi connectivity index (χ3n) is 5.14. The summed E-state index contributed by atoms with van der Waals surface area (Å²) in [5, 5.41) is 3.62. The molecule has 0 unspecified atom stereocenters. The van der Waals surface area contributed by atoms with E-state index in [0.29, 0.717) is 23.7 Å². The number of carbonyl (C=O) groups excluding carboxylic acids is 2. The topological polar surface area (TPSA) is 58.6 Å². The number of hydrogen-bond acceptors (Lipinski definition) is 3. The Kier molecular flexibility index (Phi) is 9.85. The summed E-state index contributed by atoms with van der Waals surface area (Å²) in [6.45, 7) is 7.97. The highest BCUT2D eigenvalue weighted by atomic mass is 79.9. The van der Waals surface area contributed by atoms with Crippen LogP contribution >= 0.6 is 27.5 Å². The van der Waals surface area contributed by atoms with Crippen molar-refractivity contribution >= 4 is 39.3 Å². The van der Waals surface area contributed by atoms with Crippen molar-refractivity contribution in [3.63, 3.8) is 0 Å². The van der Waals surface area contributed by atoms with Crippen LogP contribution < -0.4 is 10.1 Å². The Bertz CT molecular complexity index is 889. The number of halogens is 2. The average Bonchev–Trinajstić information content (AvgIpc) is 2.75. The molecule has 2 atom stereocenters. The fraction of sp³-hybridized carbons (Fsp3) is 0.417. The molecule has 0 aliphatic heterocycles. The van der Waals surface area contributed by atoms with Gasteiger partial charge < -0.3 is 15.0 Å². The van der Waals surface area contributed by atoms with Gasteiger partial charge in [-0.05, 0) is 68.1 Å². The first-order valence-corrected chi connectivity index (χ1v) is 11.6. The number of ether oxygens (including phenoxy) is 1. The summed E-state index contributed by atoms with van der Waals surface area (Å²) in [5.41, 5.74) is 1.91. The van der Waals surface area contributed by atoms with Gasteiger partial charge in [0.1, 0.15) is 11.8 Å². The van der Waals surface area contributed by atoms with Gasteiger partial charge in [0, 0.05) is 22.1 Å². The van der Waals surface area contributed by atoms with Crippen molar-refractivity contribution in [3.8, 4) is 5.75 Å². The van der Waals surface area contributed by atoms with E-state index in [0.717, 1.165) is 22.0 Å². The van der Waals surface area contributed by atoms with Gasteiger partial charge in [-0.15, -0.1) is 0 Å². The molecule has 2 aromatic carbocycles. The summed E-state index contributed by atoms with van der Waals surface area (Å²) >= 11 is 9.46. The lowest BCUT2D eigenvalue weighted by molar-refractivity contribution is -0.143. The first-order chi connectivity index (χ1) is 14.7. The first kappa shape index (κ1) is 25.2. The molecule has 2 rings (SSSR count). The summed E-state index contributed by atoms with van der Waals surface area (Å²) in [6.07, 6.45) is 1.32. The molecule has 0 spiro atoms. The molecular formula is C24H30BrClN2O3. The summed E-state index contributed by atoms with van der Waals surface area (Å²) < 4.78 is 6.73. The average molecular weight is 510 g/mol. The van der Waals surface area contributed by atoms with Gasteiger partial charge in [-0.2, -0.15) is 0 Å². The van der Waals surface area contributed by atoms with Crippen LogP contribution in [-0.4, -0.2) is 35.4 Å². The van der Waals surface area contributed by atoms with Gasteiger partial charge in [0.15, 0.2) is 6.61 Å². The minimum Gasteiger partial charge on any atom is -0.484 e. The Hall–Kier alpha value is -2.05. The van der Waals surface area contributed by atoms with Crippen LogP contribution in [0.25, 0.3) is 0 Å². The molecule has 0 aromatic heterocycles. The van der Waals surface area contributed by atoms with Crippen molar-refractivity contribution in [2.75, 3.05) is 6.61 Å². The zero-order chi connectivity index (χ0) is 23.0. The molecule has 0 radical (unpaired) electrons. The van der Waals surface area contributed by atoms with Gasteiger partial charge >= 0.3 is 0 Å². The Balaban J connectivity index is 2.21. The van der Waals surface area contributed by atoms with Crippen LogP contribution in [-0.2, 0) is 16.1 Å². The van der Waals surface area contributed by atoms with Gasteiger partial charge in [0.2, 0.25) is 5.91 Å². The van der Waals surface area contributed by atoms with Gasteiger partial charge in [-0.1, -0.05) is 53.5 Å². The second kappa shape index (κ2) is 12.1. The number of carbonyl (C=O) groups is 2. The van der Waals surface area contributed by atoms with E-state index < -0.39 is 6.04 Å². The number of benzene rings is 2. The van der Waals surface area contributed by atoms with Gasteiger partial charge in [-0.25, -0.2) is 0 Å². The minimum absolute atomic E-state index is 0.0380. The lowest BCUT2D eigenvalue weighted by Crippen LogP contribution is -2.51. The molecule has 5 nitrogen and oxygen atoms in total. The van der Waals surface area contributed by atoms with Crippen LogP contribution in [0, 0.1) is 6.92 Å². The summed E-state index contributed by atoms with van der Waals surface area (Å²) in [6, 6.07) is 12.3. The molecule has 0 heterocycles. The number of amides is 2. The first-order valence-electron chi connectivity index (χ1n) is 10.5. The Labute approximate surface area is 198 Å². The zero-order valence-corrected chi connectivity index (χ0v) is 20.8. The van der Waals surface area contributed by atoms with Gasteiger partial charge in [0.05, 0.1) is 0 Å². The standard InChI is InChI=1S/C24H30BrClN2O3/c1-5-17(4)27-24(30)22(6-2)28(14-18-7-9-19(26)10-8-18)23(29)15-31-20-11-12-21(25)16(3)13-20/h7-13,17,22H,5-6,14-15H2,1-4H3,(H,27,30)/t17-,22-/m1/s1. The zero-order valence-electron chi connectivity index (χ0n) is 18.5. The Morgan fingerprint density at radius 1 is 1.13 bits per heavy atom. The van der Waals surface area contributed by atoms with E-state index in [4.69, 9.17) is 16.3 Å². The normalized spacial score (nSPS) is 12.7. The molecule has 31 heavy (non-hydrogen) atoms. The number of hydrogen-bond donors (Lipinski definition) is 1. The van der Waals surface area contributed by atoms with E-state index in [1.165, 1.54) is 0 Å². The smallest absolute Gasteiger partial charge is 0.261 e. The monoisotopic (exact) mass is 508 g/mol. The van der Waals surface area contributed by atoms with Crippen LogP contribution in [0.15, 0.2) is 46.9 Å². The molecule has 0 aliphatic rings. The number of nitrogens with one attached hydrogen (secondary N) is 1. The molecule has 2 amide bonds. The molecule has 0 aliphatic carbocycles. The summed E-state index contributed by atoms with van der Waals surface area (Å²) in [4.78, 5) is 27.7. The van der Waals surface area contributed by atoms with E-state index in [1.807, 2.05) is 52.0 Å². The number of nitrogens with zero attached hydrogens (tertiary/aromatic N) is 1. The SMILES string of the molecule is CC[C@@H](C)NC(=O)[C@@H](CC)N(Cc1ccc(Cl)cc1)C(=O)COc1ccc(Br)c(C)c1. The highest BCUT2D eigenvalue weighted by Gasteiger charge is 2.29. The van der Waals surface area contributed by atoms with Crippen LogP contribution in [0.3, 0.4) is 0 Å². The molecule has 0 bridgehead atoms. The van der Waals surface area contributed by atoms with Crippen LogP contribution in [0.1, 0.15) is 44.7 Å².